The van der Waals surface area contributed by atoms with Gasteiger partial charge in [-0.25, -0.2) is 0 Å². The molecule has 0 radical (unpaired) electrons. The third-order valence-electron chi connectivity index (χ3n) is 4.48. The molecule has 1 aromatic rings. The fraction of sp³-hybridized carbons (Fsp3) is 0.625. The first-order valence-corrected chi connectivity index (χ1v) is 8.44. The maximum absolute atomic E-state index is 12.7. The second kappa shape index (κ2) is 5.76. The van der Waals surface area contributed by atoms with E-state index in [1.54, 1.807) is 0 Å². The summed E-state index contributed by atoms with van der Waals surface area (Å²) in [5, 5.41) is 0.288. The Morgan fingerprint density at radius 1 is 1.21 bits per heavy atom. The highest BCUT2D eigenvalue weighted by molar-refractivity contribution is 7.86. The third kappa shape index (κ3) is 2.77. The van der Waals surface area contributed by atoms with Crippen LogP contribution in [-0.4, -0.2) is 14.7 Å². The highest BCUT2D eigenvalue weighted by atomic mass is 32.2. The minimum atomic E-state index is -0.864. The van der Waals surface area contributed by atoms with Gasteiger partial charge in [0.15, 0.2) is 0 Å². The SMILES string of the molecule is CC1CC(S(=O)C(C)C(C)C)C(N)c2ccccc21. The van der Waals surface area contributed by atoms with E-state index in [0.717, 1.165) is 6.42 Å². The monoisotopic (exact) mass is 279 g/mol. The van der Waals surface area contributed by atoms with E-state index in [0.29, 0.717) is 11.8 Å². The molecule has 106 valence electrons. The van der Waals surface area contributed by atoms with E-state index in [2.05, 4.69) is 45.9 Å². The molecule has 19 heavy (non-hydrogen) atoms. The average molecular weight is 279 g/mol. The summed E-state index contributed by atoms with van der Waals surface area (Å²) in [6.07, 6.45) is 0.932. The van der Waals surface area contributed by atoms with Crippen molar-refractivity contribution < 1.29 is 4.21 Å². The van der Waals surface area contributed by atoms with Crippen LogP contribution in [0.25, 0.3) is 0 Å². The third-order valence-corrected chi connectivity index (χ3v) is 6.84. The molecular formula is C16H25NOS. The number of hydrogen-bond donors (Lipinski definition) is 1. The number of hydrogen-bond acceptors (Lipinski definition) is 2. The molecule has 2 rings (SSSR count). The Hall–Kier alpha value is -0.670. The number of benzene rings is 1. The molecule has 1 aromatic carbocycles. The molecule has 5 unspecified atom stereocenters. The van der Waals surface area contributed by atoms with Crippen molar-refractivity contribution in [1.82, 2.24) is 0 Å². The van der Waals surface area contributed by atoms with Crippen molar-refractivity contribution in [1.29, 1.82) is 0 Å². The van der Waals surface area contributed by atoms with Gasteiger partial charge in [-0.1, -0.05) is 52.0 Å². The Bertz CT molecular complexity index is 472. The summed E-state index contributed by atoms with van der Waals surface area (Å²) in [6.45, 7) is 8.57. The standard InChI is InChI=1S/C16H25NOS/c1-10(2)12(4)19(18)15-9-11(3)13-7-5-6-8-14(13)16(15)17/h5-8,10-12,15-16H,9,17H2,1-4H3. The summed E-state index contributed by atoms with van der Waals surface area (Å²) in [5.74, 6) is 0.879. The van der Waals surface area contributed by atoms with E-state index < -0.39 is 10.8 Å². The Labute approximate surface area is 119 Å². The molecule has 3 heteroatoms. The normalized spacial score (nSPS) is 29.9. The Kier molecular flexibility index (Phi) is 4.46. The lowest BCUT2D eigenvalue weighted by molar-refractivity contribution is 0.502. The van der Waals surface area contributed by atoms with E-state index >= 15 is 0 Å². The van der Waals surface area contributed by atoms with Gasteiger partial charge in [0.25, 0.3) is 0 Å². The smallest absolute Gasteiger partial charge is 0.0549 e. The van der Waals surface area contributed by atoms with Crippen molar-refractivity contribution in [3.63, 3.8) is 0 Å². The van der Waals surface area contributed by atoms with Crippen LogP contribution in [0.15, 0.2) is 24.3 Å². The molecule has 0 saturated heterocycles. The summed E-state index contributed by atoms with van der Waals surface area (Å²) < 4.78 is 12.7. The fourth-order valence-corrected chi connectivity index (χ4v) is 4.87. The maximum Gasteiger partial charge on any atom is 0.0549 e. The predicted molar refractivity (Wildman–Crippen MR) is 82.6 cm³/mol. The first-order valence-electron chi connectivity index (χ1n) is 7.17. The van der Waals surface area contributed by atoms with Gasteiger partial charge in [0, 0.05) is 22.1 Å². The summed E-state index contributed by atoms with van der Waals surface area (Å²) in [4.78, 5) is 0. The molecule has 2 N–H and O–H groups in total. The molecule has 0 heterocycles. The van der Waals surface area contributed by atoms with Crippen LogP contribution in [0.2, 0.25) is 0 Å². The highest BCUT2D eigenvalue weighted by Crippen LogP contribution is 2.39. The summed E-state index contributed by atoms with van der Waals surface area (Å²) in [7, 11) is -0.864. The van der Waals surface area contributed by atoms with E-state index in [-0.39, 0.29) is 16.5 Å². The molecule has 0 aliphatic heterocycles. The summed E-state index contributed by atoms with van der Waals surface area (Å²) in [5.41, 5.74) is 8.92. The van der Waals surface area contributed by atoms with Crippen LogP contribution in [0.3, 0.4) is 0 Å². The van der Waals surface area contributed by atoms with Crippen molar-refractivity contribution in [3.8, 4) is 0 Å². The van der Waals surface area contributed by atoms with Crippen molar-refractivity contribution >= 4 is 10.8 Å². The number of rotatable bonds is 3. The lowest BCUT2D eigenvalue weighted by Gasteiger charge is -2.36. The molecule has 0 spiro atoms. The average Bonchev–Trinajstić information content (AvgIpc) is 2.41. The topological polar surface area (TPSA) is 43.1 Å². The summed E-state index contributed by atoms with van der Waals surface area (Å²) in [6, 6.07) is 8.26. The molecule has 0 fully saturated rings. The van der Waals surface area contributed by atoms with Crippen LogP contribution >= 0.6 is 0 Å². The van der Waals surface area contributed by atoms with Crippen molar-refractivity contribution in [2.24, 2.45) is 11.7 Å². The molecule has 0 bridgehead atoms. The van der Waals surface area contributed by atoms with Gasteiger partial charge >= 0.3 is 0 Å². The van der Waals surface area contributed by atoms with Gasteiger partial charge in [0.2, 0.25) is 0 Å². The molecule has 0 aromatic heterocycles. The second-order valence-electron chi connectivity index (χ2n) is 6.11. The first-order chi connectivity index (χ1) is 8.93. The van der Waals surface area contributed by atoms with E-state index in [9.17, 15) is 4.21 Å². The molecule has 1 aliphatic carbocycles. The van der Waals surface area contributed by atoms with Crippen LogP contribution in [0.5, 0.6) is 0 Å². The molecule has 0 amide bonds. The first kappa shape index (κ1) is 14.7. The van der Waals surface area contributed by atoms with Gasteiger partial charge in [-0.05, 0) is 29.4 Å². The molecule has 2 nitrogen and oxygen atoms in total. The molecule has 5 atom stereocenters. The van der Waals surface area contributed by atoms with Gasteiger partial charge < -0.3 is 5.73 Å². The quantitative estimate of drug-likeness (QED) is 0.922. The van der Waals surface area contributed by atoms with Crippen LogP contribution < -0.4 is 5.73 Å². The van der Waals surface area contributed by atoms with Crippen LogP contribution in [-0.2, 0) is 10.8 Å². The van der Waals surface area contributed by atoms with Crippen molar-refractivity contribution in [2.75, 3.05) is 0 Å². The van der Waals surface area contributed by atoms with Gasteiger partial charge in [-0.2, -0.15) is 0 Å². The van der Waals surface area contributed by atoms with Crippen LogP contribution in [0.4, 0.5) is 0 Å². The summed E-state index contributed by atoms with van der Waals surface area (Å²) >= 11 is 0. The Morgan fingerprint density at radius 3 is 2.37 bits per heavy atom. The lowest BCUT2D eigenvalue weighted by atomic mass is 9.81. The zero-order valence-corrected chi connectivity index (χ0v) is 13.1. The van der Waals surface area contributed by atoms with Crippen molar-refractivity contribution in [2.45, 2.75) is 56.6 Å². The minimum absolute atomic E-state index is 0.0855. The lowest BCUT2D eigenvalue weighted by Crippen LogP contribution is -2.40. The second-order valence-corrected chi connectivity index (χ2v) is 8.11. The Morgan fingerprint density at radius 2 is 1.79 bits per heavy atom. The van der Waals surface area contributed by atoms with E-state index in [1.807, 2.05) is 6.07 Å². The largest absolute Gasteiger partial charge is 0.323 e. The predicted octanol–water partition coefficient (Wildman–Crippen LogP) is 3.36. The van der Waals surface area contributed by atoms with Gasteiger partial charge in [0.1, 0.15) is 0 Å². The van der Waals surface area contributed by atoms with E-state index in [1.165, 1.54) is 11.1 Å². The zero-order chi connectivity index (χ0) is 14.2. The van der Waals surface area contributed by atoms with Crippen molar-refractivity contribution in [3.05, 3.63) is 35.4 Å². The van der Waals surface area contributed by atoms with Gasteiger partial charge in [0.05, 0.1) is 5.25 Å². The maximum atomic E-state index is 12.7. The van der Waals surface area contributed by atoms with Crippen LogP contribution in [0.1, 0.15) is 57.2 Å². The number of nitrogens with two attached hydrogens (primary N) is 1. The molecular weight excluding hydrogens is 254 g/mol. The van der Waals surface area contributed by atoms with Gasteiger partial charge in [-0.15, -0.1) is 0 Å². The minimum Gasteiger partial charge on any atom is -0.323 e. The fourth-order valence-electron chi connectivity index (χ4n) is 2.87. The molecule has 1 aliphatic rings. The van der Waals surface area contributed by atoms with E-state index in [4.69, 9.17) is 5.73 Å². The molecule has 0 saturated carbocycles. The number of fused-ring (bicyclic) bond motifs is 1. The zero-order valence-electron chi connectivity index (χ0n) is 12.3. The highest BCUT2D eigenvalue weighted by Gasteiger charge is 2.36. The van der Waals surface area contributed by atoms with Gasteiger partial charge in [-0.3, -0.25) is 4.21 Å². The Balaban J connectivity index is 2.29. The van der Waals surface area contributed by atoms with Crippen LogP contribution in [0, 0.1) is 5.92 Å².